The van der Waals surface area contributed by atoms with Gasteiger partial charge >= 0.3 is 0 Å². The van der Waals surface area contributed by atoms with Gasteiger partial charge in [-0.05, 0) is 18.6 Å². The average molecular weight is 224 g/mol. The largest absolute Gasteiger partial charge is 0.327 e. The highest BCUT2D eigenvalue weighted by Crippen LogP contribution is 2.15. The molecule has 1 aromatic heterocycles. The minimum atomic E-state index is 0.221. The Morgan fingerprint density at radius 2 is 2.27 bits per heavy atom. The summed E-state index contributed by atoms with van der Waals surface area (Å²) in [6.45, 7) is 4.46. The molecule has 0 aromatic carbocycles. The molecule has 2 N–H and O–H groups in total. The number of pyridine rings is 1. The quantitative estimate of drug-likeness (QED) is 0.807. The van der Waals surface area contributed by atoms with Crippen LogP contribution in [0.4, 0.5) is 0 Å². The van der Waals surface area contributed by atoms with Crippen molar-refractivity contribution in [3.63, 3.8) is 0 Å². The third kappa shape index (κ3) is 5.19. The highest BCUT2D eigenvalue weighted by molar-refractivity contribution is 7.99. The van der Waals surface area contributed by atoms with Crippen LogP contribution in [0.2, 0.25) is 0 Å². The topological polar surface area (TPSA) is 38.9 Å². The lowest BCUT2D eigenvalue weighted by Gasteiger charge is -2.13. The molecular weight excluding hydrogens is 204 g/mol. The van der Waals surface area contributed by atoms with Gasteiger partial charge in [-0.3, -0.25) is 4.98 Å². The van der Waals surface area contributed by atoms with Crippen molar-refractivity contribution in [3.8, 4) is 0 Å². The Bertz CT molecular complexity index is 264. The number of nitrogens with two attached hydrogens (primary N) is 1. The number of nitrogens with zero attached hydrogens (tertiary/aromatic N) is 1. The maximum absolute atomic E-state index is 6.05. The normalized spacial score (nSPS) is 14.9. The minimum absolute atomic E-state index is 0.221. The summed E-state index contributed by atoms with van der Waals surface area (Å²) in [5, 5.41) is 0.708. The molecule has 0 aliphatic rings. The van der Waals surface area contributed by atoms with Crippen LogP contribution in [0.15, 0.2) is 24.4 Å². The van der Waals surface area contributed by atoms with E-state index in [4.69, 9.17) is 5.73 Å². The summed E-state index contributed by atoms with van der Waals surface area (Å²) < 4.78 is 0. The van der Waals surface area contributed by atoms with Crippen LogP contribution in [0.3, 0.4) is 0 Å². The predicted octanol–water partition coefficient (Wildman–Crippen LogP) is 2.48. The SMILES string of the molecule is CCC(C)SCC(N)Cc1ccccn1. The Balaban J connectivity index is 2.27. The van der Waals surface area contributed by atoms with E-state index in [1.807, 2.05) is 36.2 Å². The molecule has 84 valence electrons. The number of hydrogen-bond donors (Lipinski definition) is 1. The second-order valence-corrected chi connectivity index (χ2v) is 5.31. The summed E-state index contributed by atoms with van der Waals surface area (Å²) >= 11 is 1.95. The molecule has 2 unspecified atom stereocenters. The van der Waals surface area contributed by atoms with E-state index in [-0.39, 0.29) is 6.04 Å². The van der Waals surface area contributed by atoms with Crippen LogP contribution in [0, 0.1) is 0 Å². The van der Waals surface area contributed by atoms with Gasteiger partial charge in [-0.2, -0.15) is 11.8 Å². The van der Waals surface area contributed by atoms with Crippen LogP contribution in [0.25, 0.3) is 0 Å². The first-order valence-corrected chi connectivity index (χ1v) is 6.54. The van der Waals surface area contributed by atoms with Gasteiger partial charge in [-0.1, -0.05) is 19.9 Å². The standard InChI is InChI=1S/C12H20N2S/c1-3-10(2)15-9-11(13)8-12-6-4-5-7-14-12/h4-7,10-11H,3,8-9,13H2,1-2H3. The van der Waals surface area contributed by atoms with Gasteiger partial charge in [0.25, 0.3) is 0 Å². The van der Waals surface area contributed by atoms with Crippen molar-refractivity contribution in [1.82, 2.24) is 4.98 Å². The van der Waals surface area contributed by atoms with Gasteiger partial charge in [0.2, 0.25) is 0 Å². The molecule has 1 heterocycles. The van der Waals surface area contributed by atoms with Gasteiger partial charge in [0.05, 0.1) is 0 Å². The van der Waals surface area contributed by atoms with Crippen molar-refractivity contribution in [2.24, 2.45) is 5.73 Å². The number of thioether (sulfide) groups is 1. The molecule has 0 bridgehead atoms. The van der Waals surface area contributed by atoms with Crippen molar-refractivity contribution in [1.29, 1.82) is 0 Å². The number of aromatic nitrogens is 1. The van der Waals surface area contributed by atoms with Crippen LogP contribution >= 0.6 is 11.8 Å². The Kier molecular flexibility index (Phi) is 5.73. The zero-order valence-corrected chi connectivity index (χ0v) is 10.3. The molecule has 0 aliphatic carbocycles. The van der Waals surface area contributed by atoms with E-state index in [0.29, 0.717) is 5.25 Å². The Hall–Kier alpha value is -0.540. The van der Waals surface area contributed by atoms with Crippen LogP contribution < -0.4 is 5.73 Å². The predicted molar refractivity (Wildman–Crippen MR) is 68.1 cm³/mol. The Labute approximate surface area is 96.7 Å². The molecular formula is C12H20N2S. The summed E-state index contributed by atoms with van der Waals surface area (Å²) in [6.07, 6.45) is 3.91. The van der Waals surface area contributed by atoms with E-state index in [1.165, 1.54) is 6.42 Å². The van der Waals surface area contributed by atoms with E-state index in [9.17, 15) is 0 Å². The Morgan fingerprint density at radius 1 is 1.47 bits per heavy atom. The molecule has 15 heavy (non-hydrogen) atoms. The molecule has 0 fully saturated rings. The summed E-state index contributed by atoms with van der Waals surface area (Å²) in [5.41, 5.74) is 7.14. The summed E-state index contributed by atoms with van der Waals surface area (Å²) in [7, 11) is 0. The van der Waals surface area contributed by atoms with E-state index in [1.54, 1.807) is 0 Å². The minimum Gasteiger partial charge on any atom is -0.327 e. The maximum Gasteiger partial charge on any atom is 0.0419 e. The molecule has 2 atom stereocenters. The van der Waals surface area contributed by atoms with Gasteiger partial charge in [0.1, 0.15) is 0 Å². The lowest BCUT2D eigenvalue weighted by atomic mass is 10.2. The Morgan fingerprint density at radius 3 is 2.87 bits per heavy atom. The van der Waals surface area contributed by atoms with Crippen LogP contribution in [0.1, 0.15) is 26.0 Å². The first-order chi connectivity index (χ1) is 7.22. The fourth-order valence-electron chi connectivity index (χ4n) is 1.25. The van der Waals surface area contributed by atoms with Crippen molar-refractivity contribution in [2.75, 3.05) is 5.75 Å². The first-order valence-electron chi connectivity index (χ1n) is 5.49. The molecule has 0 spiro atoms. The zero-order chi connectivity index (χ0) is 11.1. The summed E-state index contributed by atoms with van der Waals surface area (Å²) in [4.78, 5) is 4.28. The molecule has 2 nitrogen and oxygen atoms in total. The molecule has 0 saturated heterocycles. The summed E-state index contributed by atoms with van der Waals surface area (Å²) in [6, 6.07) is 6.20. The third-order valence-electron chi connectivity index (χ3n) is 2.37. The van der Waals surface area contributed by atoms with Gasteiger partial charge < -0.3 is 5.73 Å². The van der Waals surface area contributed by atoms with Crippen molar-refractivity contribution in [3.05, 3.63) is 30.1 Å². The van der Waals surface area contributed by atoms with Gasteiger partial charge in [0.15, 0.2) is 0 Å². The van der Waals surface area contributed by atoms with Crippen LogP contribution in [-0.2, 0) is 6.42 Å². The molecule has 1 aromatic rings. The highest BCUT2D eigenvalue weighted by atomic mass is 32.2. The maximum atomic E-state index is 6.05. The highest BCUT2D eigenvalue weighted by Gasteiger charge is 2.07. The third-order valence-corrected chi connectivity index (χ3v) is 3.89. The molecule has 3 heteroatoms. The van der Waals surface area contributed by atoms with Crippen LogP contribution in [-0.4, -0.2) is 22.0 Å². The van der Waals surface area contributed by atoms with Crippen LogP contribution in [0.5, 0.6) is 0 Å². The summed E-state index contributed by atoms with van der Waals surface area (Å²) in [5.74, 6) is 1.02. The van der Waals surface area contributed by atoms with Gasteiger partial charge in [-0.15, -0.1) is 0 Å². The van der Waals surface area contributed by atoms with Crippen molar-refractivity contribution in [2.45, 2.75) is 38.0 Å². The molecule has 0 saturated carbocycles. The fourth-order valence-corrected chi connectivity index (χ4v) is 2.18. The van der Waals surface area contributed by atoms with E-state index in [2.05, 4.69) is 18.8 Å². The van der Waals surface area contributed by atoms with Gasteiger partial charge in [0, 0.05) is 35.4 Å². The monoisotopic (exact) mass is 224 g/mol. The van der Waals surface area contributed by atoms with E-state index < -0.39 is 0 Å². The number of rotatable bonds is 6. The second kappa shape index (κ2) is 6.85. The first kappa shape index (κ1) is 12.5. The lowest BCUT2D eigenvalue weighted by molar-refractivity contribution is 0.729. The zero-order valence-electron chi connectivity index (χ0n) is 9.52. The molecule has 0 radical (unpaired) electrons. The van der Waals surface area contributed by atoms with Gasteiger partial charge in [-0.25, -0.2) is 0 Å². The average Bonchev–Trinajstić information content (AvgIpc) is 2.27. The number of hydrogen-bond acceptors (Lipinski definition) is 3. The molecule has 0 aliphatic heterocycles. The second-order valence-electron chi connectivity index (χ2n) is 3.84. The fraction of sp³-hybridized carbons (Fsp3) is 0.583. The van der Waals surface area contributed by atoms with Crippen molar-refractivity contribution >= 4 is 11.8 Å². The smallest absolute Gasteiger partial charge is 0.0419 e. The lowest BCUT2D eigenvalue weighted by Crippen LogP contribution is -2.26. The molecule has 1 rings (SSSR count). The van der Waals surface area contributed by atoms with E-state index >= 15 is 0 Å². The van der Waals surface area contributed by atoms with E-state index in [0.717, 1.165) is 17.9 Å². The molecule has 0 amide bonds. The van der Waals surface area contributed by atoms with Crippen molar-refractivity contribution < 1.29 is 0 Å².